The van der Waals surface area contributed by atoms with Crippen LogP contribution >= 0.6 is 22.7 Å². The first kappa shape index (κ1) is 23.1. The van der Waals surface area contributed by atoms with E-state index in [1.165, 1.54) is 29.2 Å². The van der Waals surface area contributed by atoms with Gasteiger partial charge in [0.25, 0.3) is 10.0 Å². The van der Waals surface area contributed by atoms with Crippen LogP contribution in [0.2, 0.25) is 0 Å². The maximum absolute atomic E-state index is 12.2. The Balaban J connectivity index is 1.59. The molecule has 8 nitrogen and oxygen atoms in total. The molecule has 31 heavy (non-hydrogen) atoms. The molecule has 3 aromatic rings. The predicted molar refractivity (Wildman–Crippen MR) is 120 cm³/mol. The van der Waals surface area contributed by atoms with Crippen LogP contribution in [-0.4, -0.2) is 31.8 Å². The molecule has 0 atom stereocenters. The fraction of sp³-hybridized carbons (Fsp3) is 0.250. The van der Waals surface area contributed by atoms with Gasteiger partial charge < -0.3 is 4.74 Å². The van der Waals surface area contributed by atoms with Gasteiger partial charge in [-0.15, -0.1) is 22.7 Å². The first-order valence-electron chi connectivity index (χ1n) is 9.33. The third-order valence-corrected chi connectivity index (χ3v) is 7.87. The van der Waals surface area contributed by atoms with E-state index in [0.717, 1.165) is 23.3 Å². The van der Waals surface area contributed by atoms with E-state index in [1.807, 2.05) is 24.3 Å². The van der Waals surface area contributed by atoms with E-state index in [-0.39, 0.29) is 16.7 Å². The number of aromatic nitrogens is 1. The summed E-state index contributed by atoms with van der Waals surface area (Å²) in [5.74, 6) is -0.918. The lowest BCUT2D eigenvalue weighted by Crippen LogP contribution is -2.30. The van der Waals surface area contributed by atoms with Crippen LogP contribution in [0.5, 0.6) is 0 Å². The summed E-state index contributed by atoms with van der Waals surface area (Å²) in [7, 11) is -3.74. The molecule has 1 N–H and O–H groups in total. The number of hydrogen-bond acceptors (Lipinski definition) is 8. The molecule has 0 radical (unpaired) electrons. The van der Waals surface area contributed by atoms with Crippen molar-refractivity contribution >= 4 is 55.4 Å². The highest BCUT2D eigenvalue weighted by molar-refractivity contribution is 7.91. The highest BCUT2D eigenvalue weighted by Gasteiger charge is 2.19. The van der Waals surface area contributed by atoms with E-state index in [9.17, 15) is 18.0 Å². The summed E-state index contributed by atoms with van der Waals surface area (Å²) < 4.78 is 31.5. The third-order valence-electron chi connectivity index (χ3n) is 4.20. The number of rotatable bonds is 9. The zero-order valence-electron chi connectivity index (χ0n) is 16.9. The number of anilines is 2. The molecule has 164 valence electrons. The van der Waals surface area contributed by atoms with Gasteiger partial charge in [-0.25, -0.2) is 13.4 Å². The Bertz CT molecular complexity index is 1140. The number of hydrogen-bond donors (Lipinski definition) is 1. The lowest BCUT2D eigenvalue weighted by molar-refractivity contribution is -0.143. The molecule has 1 aromatic carbocycles. The summed E-state index contributed by atoms with van der Waals surface area (Å²) in [4.78, 5) is 30.0. The number of nitrogens with one attached hydrogen (secondary N) is 1. The zero-order valence-corrected chi connectivity index (χ0v) is 19.4. The number of carbonyl (C=O) groups excluding carboxylic acids is 2. The number of sulfonamides is 1. The van der Waals surface area contributed by atoms with Crippen LogP contribution in [0.25, 0.3) is 0 Å². The number of esters is 1. The Morgan fingerprint density at radius 1 is 1.16 bits per heavy atom. The van der Waals surface area contributed by atoms with Gasteiger partial charge in [0.1, 0.15) is 17.4 Å². The Morgan fingerprint density at radius 3 is 2.52 bits per heavy atom. The second kappa shape index (κ2) is 10.1. The number of ether oxygens (including phenoxy) is 1. The summed E-state index contributed by atoms with van der Waals surface area (Å²) in [5.41, 5.74) is 2.32. The highest BCUT2D eigenvalue weighted by Crippen LogP contribution is 2.29. The lowest BCUT2D eigenvalue weighted by Gasteiger charge is -2.18. The van der Waals surface area contributed by atoms with Gasteiger partial charge in [0.2, 0.25) is 5.91 Å². The number of thiophene rings is 1. The maximum Gasteiger partial charge on any atom is 0.321 e. The minimum absolute atomic E-state index is 0.126. The normalized spacial score (nSPS) is 11.3. The Kier molecular flexibility index (Phi) is 7.55. The molecule has 0 saturated carbocycles. The molecule has 0 fully saturated rings. The Hall–Kier alpha value is -2.60. The lowest BCUT2D eigenvalue weighted by atomic mass is 10.1. The van der Waals surface area contributed by atoms with Gasteiger partial charge in [-0.2, -0.15) is 4.72 Å². The summed E-state index contributed by atoms with van der Waals surface area (Å²) in [6, 6.07) is 10.7. The van der Waals surface area contributed by atoms with Gasteiger partial charge in [0, 0.05) is 12.3 Å². The van der Waals surface area contributed by atoms with Crippen LogP contribution in [-0.2, 0) is 37.4 Å². The molecular formula is C20H21N3O5S3. The minimum atomic E-state index is -3.74. The molecule has 2 heterocycles. The van der Waals surface area contributed by atoms with Crippen molar-refractivity contribution in [3.63, 3.8) is 0 Å². The second-order valence-electron chi connectivity index (χ2n) is 6.41. The van der Waals surface area contributed by atoms with Crippen molar-refractivity contribution in [3.05, 3.63) is 58.4 Å². The number of aryl methyl sites for hydroxylation is 1. The summed E-state index contributed by atoms with van der Waals surface area (Å²) in [6.45, 7) is 2.89. The van der Waals surface area contributed by atoms with Crippen LogP contribution in [0, 0.1) is 0 Å². The van der Waals surface area contributed by atoms with E-state index in [2.05, 4.69) is 16.6 Å². The van der Waals surface area contributed by atoms with Crippen LogP contribution in [0.1, 0.15) is 25.1 Å². The van der Waals surface area contributed by atoms with Gasteiger partial charge >= 0.3 is 5.97 Å². The van der Waals surface area contributed by atoms with Gasteiger partial charge in [0.05, 0.1) is 11.4 Å². The summed E-state index contributed by atoms with van der Waals surface area (Å²) in [5, 5.41) is 3.78. The highest BCUT2D eigenvalue weighted by atomic mass is 32.2. The maximum atomic E-state index is 12.2. The predicted octanol–water partition coefficient (Wildman–Crippen LogP) is 3.47. The van der Waals surface area contributed by atoms with Crippen molar-refractivity contribution in [2.75, 3.05) is 11.4 Å². The Labute approximate surface area is 188 Å². The van der Waals surface area contributed by atoms with E-state index in [1.54, 1.807) is 16.8 Å². The molecule has 11 heteroatoms. The van der Waals surface area contributed by atoms with E-state index < -0.39 is 22.5 Å². The van der Waals surface area contributed by atoms with Crippen molar-refractivity contribution < 1.29 is 22.7 Å². The molecule has 0 saturated heterocycles. The third kappa shape index (κ3) is 5.97. The van der Waals surface area contributed by atoms with Crippen LogP contribution in [0.3, 0.4) is 0 Å². The van der Waals surface area contributed by atoms with Crippen LogP contribution in [0.4, 0.5) is 10.8 Å². The van der Waals surface area contributed by atoms with Crippen molar-refractivity contribution in [2.24, 2.45) is 0 Å². The van der Waals surface area contributed by atoms with Gasteiger partial charge in [-0.3, -0.25) is 14.5 Å². The molecule has 0 aliphatic rings. The number of carbonyl (C=O) groups is 2. The molecule has 2 aromatic heterocycles. The van der Waals surface area contributed by atoms with Crippen LogP contribution in [0.15, 0.2) is 51.4 Å². The minimum Gasteiger partial charge on any atom is -0.458 e. The molecule has 0 aliphatic heterocycles. The zero-order chi connectivity index (χ0) is 22.4. The molecule has 0 aliphatic carbocycles. The van der Waals surface area contributed by atoms with E-state index >= 15 is 0 Å². The molecular weight excluding hydrogens is 458 g/mol. The largest absolute Gasteiger partial charge is 0.458 e. The van der Waals surface area contributed by atoms with E-state index in [0.29, 0.717) is 16.5 Å². The topological polar surface area (TPSA) is 106 Å². The van der Waals surface area contributed by atoms with Gasteiger partial charge in [-0.05, 0) is 35.6 Å². The first-order chi connectivity index (χ1) is 14.8. The first-order valence-corrected chi connectivity index (χ1v) is 12.6. The molecule has 0 spiro atoms. The summed E-state index contributed by atoms with van der Waals surface area (Å²) in [6.07, 6.45) is 0.899. The van der Waals surface area contributed by atoms with Gasteiger partial charge in [0.15, 0.2) is 5.13 Å². The van der Waals surface area contributed by atoms with Crippen molar-refractivity contribution in [1.29, 1.82) is 0 Å². The number of thiazole rings is 1. The molecule has 1 amide bonds. The average molecular weight is 480 g/mol. The van der Waals surface area contributed by atoms with Crippen molar-refractivity contribution in [2.45, 2.75) is 31.1 Å². The van der Waals surface area contributed by atoms with Gasteiger partial charge in [-0.1, -0.05) is 25.1 Å². The quantitative estimate of drug-likeness (QED) is 0.471. The van der Waals surface area contributed by atoms with Crippen molar-refractivity contribution in [3.8, 4) is 0 Å². The van der Waals surface area contributed by atoms with Crippen molar-refractivity contribution in [1.82, 2.24) is 9.71 Å². The SMILES string of the molecule is CCc1ccc(N(C(C)=O)c2nc(COC(=O)CNS(=O)(=O)c3cccs3)cs2)cc1. The average Bonchev–Trinajstić information content (AvgIpc) is 3.44. The second-order valence-corrected chi connectivity index (χ2v) is 10.2. The monoisotopic (exact) mass is 479 g/mol. The van der Waals surface area contributed by atoms with Crippen LogP contribution < -0.4 is 9.62 Å². The number of nitrogens with zero attached hydrogens (tertiary/aromatic N) is 2. The Morgan fingerprint density at radius 2 is 1.90 bits per heavy atom. The molecule has 0 bridgehead atoms. The smallest absolute Gasteiger partial charge is 0.321 e. The standard InChI is InChI=1S/C20H21N3O5S3/c1-3-15-6-8-17(9-7-15)23(14(2)24)20-22-16(13-30-20)12-28-18(25)11-21-31(26,27)19-5-4-10-29-19/h4-10,13,21H,3,11-12H2,1-2H3. The molecule has 0 unspecified atom stereocenters. The summed E-state index contributed by atoms with van der Waals surface area (Å²) >= 11 is 2.31. The molecule has 3 rings (SSSR count). The number of benzene rings is 1. The van der Waals surface area contributed by atoms with E-state index in [4.69, 9.17) is 4.74 Å². The fourth-order valence-corrected chi connectivity index (χ4v) is 5.50. The number of amides is 1. The fourth-order valence-electron chi connectivity index (χ4n) is 2.62.